The number of nitrogens with zero attached hydrogens (tertiary/aromatic N) is 5. The predicted octanol–water partition coefficient (Wildman–Crippen LogP) is 4.31. The van der Waals surface area contributed by atoms with Crippen LogP contribution in [0.15, 0.2) is 48.9 Å². The first-order valence-electron chi connectivity index (χ1n) is 8.98. The van der Waals surface area contributed by atoms with Gasteiger partial charge in [0.15, 0.2) is 0 Å². The number of anilines is 1. The van der Waals surface area contributed by atoms with Gasteiger partial charge in [-0.3, -0.25) is 9.97 Å². The zero-order valence-electron chi connectivity index (χ0n) is 15.3. The highest BCUT2D eigenvalue weighted by Crippen LogP contribution is 2.34. The number of hydrogen-bond acceptors (Lipinski definition) is 5. The smallest absolute Gasteiger partial charge is 0.407 e. The van der Waals surface area contributed by atoms with Crippen molar-refractivity contribution >= 4 is 35.1 Å². The summed E-state index contributed by atoms with van der Waals surface area (Å²) in [5, 5.41) is 10.3. The molecular formula is C20H17Cl2N5O2. The van der Waals surface area contributed by atoms with E-state index in [1.165, 1.54) is 4.90 Å². The summed E-state index contributed by atoms with van der Waals surface area (Å²) in [5.74, 6) is 0.677. The van der Waals surface area contributed by atoms with Crippen LogP contribution in [-0.2, 0) is 0 Å². The fourth-order valence-electron chi connectivity index (χ4n) is 3.23. The van der Waals surface area contributed by atoms with Gasteiger partial charge >= 0.3 is 6.09 Å². The summed E-state index contributed by atoms with van der Waals surface area (Å²) in [4.78, 5) is 28.1. The van der Waals surface area contributed by atoms with E-state index in [2.05, 4.69) is 9.97 Å². The van der Waals surface area contributed by atoms with E-state index in [-0.39, 0.29) is 0 Å². The minimum absolute atomic E-state index is 0.418. The number of amides is 1. The van der Waals surface area contributed by atoms with Crippen molar-refractivity contribution in [1.82, 2.24) is 19.9 Å². The van der Waals surface area contributed by atoms with Crippen molar-refractivity contribution in [3.63, 3.8) is 0 Å². The average molecular weight is 430 g/mol. The molecule has 0 bridgehead atoms. The molecular weight excluding hydrogens is 413 g/mol. The van der Waals surface area contributed by atoms with Crippen molar-refractivity contribution in [1.29, 1.82) is 0 Å². The lowest BCUT2D eigenvalue weighted by molar-refractivity contribution is 0.142. The van der Waals surface area contributed by atoms with Crippen molar-refractivity contribution in [2.24, 2.45) is 0 Å². The standard InChI is InChI=1S/C20H17Cl2N5O2/c21-14-3-1-13(2-4-14)18-19(15-5-6-23-11-16(15)22)25-17(12-24-18)26-7-9-27(10-8-26)20(28)29/h1-6,11-12H,7-10H2,(H,28,29). The third-order valence-corrected chi connectivity index (χ3v) is 5.33. The van der Waals surface area contributed by atoms with Crippen molar-refractivity contribution in [2.45, 2.75) is 0 Å². The molecule has 2 aromatic heterocycles. The quantitative estimate of drug-likeness (QED) is 0.667. The van der Waals surface area contributed by atoms with E-state index in [0.29, 0.717) is 53.4 Å². The van der Waals surface area contributed by atoms with Crippen LogP contribution in [0.1, 0.15) is 0 Å². The maximum Gasteiger partial charge on any atom is 0.407 e. The van der Waals surface area contributed by atoms with E-state index < -0.39 is 6.09 Å². The van der Waals surface area contributed by atoms with Gasteiger partial charge in [0.2, 0.25) is 0 Å². The fraction of sp³-hybridized carbons (Fsp3) is 0.200. The Morgan fingerprint density at radius 1 is 0.966 bits per heavy atom. The van der Waals surface area contributed by atoms with Gasteiger partial charge in [0.25, 0.3) is 0 Å². The summed E-state index contributed by atoms with van der Waals surface area (Å²) in [6, 6.07) is 9.18. The molecule has 1 amide bonds. The van der Waals surface area contributed by atoms with Gasteiger partial charge in [0.1, 0.15) is 11.5 Å². The van der Waals surface area contributed by atoms with Gasteiger partial charge in [0, 0.05) is 54.7 Å². The Labute approximate surface area is 177 Å². The number of halogens is 2. The highest BCUT2D eigenvalue weighted by molar-refractivity contribution is 6.33. The van der Waals surface area contributed by atoms with Crippen LogP contribution in [0, 0.1) is 0 Å². The van der Waals surface area contributed by atoms with Crippen molar-refractivity contribution < 1.29 is 9.90 Å². The molecule has 7 nitrogen and oxygen atoms in total. The monoisotopic (exact) mass is 429 g/mol. The van der Waals surface area contributed by atoms with Crippen LogP contribution in [0.3, 0.4) is 0 Å². The normalized spacial score (nSPS) is 14.1. The molecule has 0 aliphatic carbocycles. The molecule has 1 saturated heterocycles. The van der Waals surface area contributed by atoms with Crippen LogP contribution in [0.25, 0.3) is 22.5 Å². The summed E-state index contributed by atoms with van der Waals surface area (Å²) in [6.07, 6.45) is 4.03. The topological polar surface area (TPSA) is 82.5 Å². The lowest BCUT2D eigenvalue weighted by atomic mass is 10.0. The molecule has 1 fully saturated rings. The minimum Gasteiger partial charge on any atom is -0.465 e. The Kier molecular flexibility index (Phi) is 5.51. The predicted molar refractivity (Wildman–Crippen MR) is 113 cm³/mol. The first kappa shape index (κ1) is 19.4. The first-order valence-corrected chi connectivity index (χ1v) is 9.74. The van der Waals surface area contributed by atoms with Gasteiger partial charge < -0.3 is 14.9 Å². The largest absolute Gasteiger partial charge is 0.465 e. The molecule has 0 radical (unpaired) electrons. The SMILES string of the molecule is O=C(O)N1CCN(c2cnc(-c3ccc(Cl)cc3)c(-c3ccncc3Cl)n2)CC1. The summed E-state index contributed by atoms with van der Waals surface area (Å²) < 4.78 is 0. The van der Waals surface area contributed by atoms with Crippen molar-refractivity contribution in [2.75, 3.05) is 31.1 Å². The Bertz CT molecular complexity index is 1040. The molecule has 1 aliphatic heterocycles. The second-order valence-electron chi connectivity index (χ2n) is 6.54. The summed E-state index contributed by atoms with van der Waals surface area (Å²) in [5.41, 5.74) is 2.91. The fourth-order valence-corrected chi connectivity index (χ4v) is 3.57. The number of piperazine rings is 1. The van der Waals surface area contributed by atoms with Gasteiger partial charge in [-0.2, -0.15) is 0 Å². The Balaban J connectivity index is 1.75. The molecule has 29 heavy (non-hydrogen) atoms. The van der Waals surface area contributed by atoms with E-state index in [4.69, 9.17) is 33.3 Å². The van der Waals surface area contributed by atoms with Gasteiger partial charge in [-0.1, -0.05) is 35.3 Å². The summed E-state index contributed by atoms with van der Waals surface area (Å²) >= 11 is 12.4. The van der Waals surface area contributed by atoms with Gasteiger partial charge in [0.05, 0.1) is 16.9 Å². The number of hydrogen-bond donors (Lipinski definition) is 1. The van der Waals surface area contributed by atoms with Crippen LogP contribution in [0.4, 0.5) is 10.6 Å². The Morgan fingerprint density at radius 3 is 2.34 bits per heavy atom. The molecule has 9 heteroatoms. The molecule has 0 unspecified atom stereocenters. The van der Waals surface area contributed by atoms with Gasteiger partial charge in [-0.15, -0.1) is 0 Å². The third kappa shape index (κ3) is 4.11. The third-order valence-electron chi connectivity index (χ3n) is 4.78. The number of carboxylic acid groups (broad SMARTS) is 1. The number of rotatable bonds is 3. The molecule has 1 aromatic carbocycles. The maximum absolute atomic E-state index is 11.1. The Morgan fingerprint density at radius 2 is 1.69 bits per heavy atom. The maximum atomic E-state index is 11.1. The Hall–Kier alpha value is -2.90. The molecule has 0 spiro atoms. The molecule has 1 aliphatic rings. The highest BCUT2D eigenvalue weighted by Gasteiger charge is 2.23. The summed E-state index contributed by atoms with van der Waals surface area (Å²) in [7, 11) is 0. The summed E-state index contributed by atoms with van der Waals surface area (Å²) in [6.45, 7) is 1.93. The van der Waals surface area contributed by atoms with Crippen molar-refractivity contribution in [3.05, 3.63) is 59.0 Å². The molecule has 4 rings (SSSR count). The van der Waals surface area contributed by atoms with Crippen LogP contribution < -0.4 is 4.90 Å². The second-order valence-corrected chi connectivity index (χ2v) is 7.39. The minimum atomic E-state index is -0.905. The average Bonchev–Trinajstić information content (AvgIpc) is 2.74. The van der Waals surface area contributed by atoms with E-state index in [9.17, 15) is 4.79 Å². The van der Waals surface area contributed by atoms with E-state index in [0.717, 1.165) is 11.1 Å². The molecule has 3 aromatic rings. The lowest BCUT2D eigenvalue weighted by Gasteiger charge is -2.33. The van der Waals surface area contributed by atoms with Crippen LogP contribution in [-0.4, -0.2) is 57.2 Å². The van der Waals surface area contributed by atoms with E-state index in [1.807, 2.05) is 17.0 Å². The number of pyridine rings is 1. The second kappa shape index (κ2) is 8.23. The number of benzene rings is 1. The van der Waals surface area contributed by atoms with E-state index in [1.54, 1.807) is 36.8 Å². The van der Waals surface area contributed by atoms with E-state index >= 15 is 0 Å². The lowest BCUT2D eigenvalue weighted by Crippen LogP contribution is -2.48. The van der Waals surface area contributed by atoms with Gasteiger partial charge in [-0.05, 0) is 18.2 Å². The van der Waals surface area contributed by atoms with Gasteiger partial charge in [-0.25, -0.2) is 9.78 Å². The first-order chi connectivity index (χ1) is 14.0. The molecule has 0 atom stereocenters. The number of carbonyl (C=O) groups is 1. The zero-order chi connectivity index (χ0) is 20.4. The number of aromatic nitrogens is 3. The molecule has 3 heterocycles. The molecule has 148 valence electrons. The molecule has 0 saturated carbocycles. The van der Waals surface area contributed by atoms with Crippen LogP contribution in [0.5, 0.6) is 0 Å². The zero-order valence-corrected chi connectivity index (χ0v) is 16.8. The highest BCUT2D eigenvalue weighted by atomic mass is 35.5. The van der Waals surface area contributed by atoms with Crippen molar-refractivity contribution in [3.8, 4) is 22.5 Å². The molecule has 1 N–H and O–H groups in total. The van der Waals surface area contributed by atoms with Crippen LogP contribution in [0.2, 0.25) is 10.0 Å². The van der Waals surface area contributed by atoms with Crippen LogP contribution >= 0.6 is 23.2 Å².